The Labute approximate surface area is 841 Å². The van der Waals surface area contributed by atoms with Crippen LogP contribution in [0.15, 0.2) is 146 Å². The zero-order chi connectivity index (χ0) is 96.2. The number of halogens is 3. The van der Waals surface area contributed by atoms with Gasteiger partial charge in [0, 0.05) is 115 Å². The Morgan fingerprint density at radius 2 is 0.804 bits per heavy atom. The largest absolute Gasteiger partial charge is 0.490 e. The highest BCUT2D eigenvalue weighted by molar-refractivity contribution is 8.17. The number of aliphatic hydroxyl groups excluding tert-OH is 1. The minimum Gasteiger partial charge on any atom is -0.490 e. The molecule has 3 amide bonds. The van der Waals surface area contributed by atoms with Crippen molar-refractivity contribution in [2.45, 2.75) is 232 Å². The molecule has 138 heavy (non-hydrogen) atoms. The lowest BCUT2D eigenvalue weighted by Gasteiger charge is -2.53. The molecule has 23 nitrogen and oxygen atoms in total. The fraction of sp³-hybridized carbons (Fsp3) is 0.570. The molecule has 6 aliphatic carbocycles. The number of fused-ring (bicyclic) bond motifs is 12. The quantitative estimate of drug-likeness (QED) is 0.0890. The standard InChI is InChI=1S/C37H47ClN2O5S3.C34H43ClN2O6S.C34H41ClN2O6S.2CH4/c1-24-7-4-16-37(44-3,35-46-17-6-18-47-35)31-12-9-28(31)21-40-22-36(15-5-8-26-19-29(38)11-13-30(26)36)23-45-33-14-10-27(20-32(33)40)34(41)39-48(42,43)25(24)2;2*1-22-6-4-15-34(20-38,42-3)29-11-8-26(29)18-37-19-33(14-5-7-24-16-27(35)10-12-28(24)33)21-43-31-13-9-25(17-30(31)37)32(39)36-44(40,41)23(22)2;;/h4,10-11,13-14,16,19-20,24-25,28,31,35H,5-9,12,15,17-18,21-23H2,1-3H3,(H,39,41);4,9-10,12-13,15-17,22-23,26,29,38H,5-8,11,14,18-21H2,1-3H3,(H,36,39);4,9-10,12-13,15-17,20,22-23,26,29H,5-8,11,14,18-19,21H2,1-3H3,(H,36,39);2*1H4/b16-4+;2*15-4+;;/t24-,25+,28-,31+,36-,37-;2*22-,23+,26-,29+,33-,34+;;/m000../s1. The maximum Gasteiger partial charge on any atom is 0.264 e. The van der Waals surface area contributed by atoms with Gasteiger partial charge in [-0.25, -0.2) is 39.4 Å². The Bertz CT molecular complexity index is 5960. The number of nitrogens with one attached hydrogen (secondary N) is 3. The summed E-state index contributed by atoms with van der Waals surface area (Å²) in [5.74, 6) is 2.68. The molecular formula is C107H139Cl3N6O17S5. The third-order valence-corrected chi connectivity index (χ3v) is 42.9. The molecule has 18 atom stereocenters. The number of aryl methyl sites for hydroxylation is 3. The fourth-order valence-corrected chi connectivity index (χ4v) is 32.0. The van der Waals surface area contributed by atoms with E-state index < -0.39 is 80.3 Å². The van der Waals surface area contributed by atoms with Crippen molar-refractivity contribution in [3.8, 4) is 17.2 Å². The molecule has 6 aromatic carbocycles. The smallest absolute Gasteiger partial charge is 0.264 e. The average molecular weight is 2050 g/mol. The Hall–Kier alpha value is -7.32. The first kappa shape index (κ1) is 105. The lowest BCUT2D eigenvalue weighted by Crippen LogP contribution is -2.56. The summed E-state index contributed by atoms with van der Waals surface area (Å²) in [7, 11) is -6.79. The summed E-state index contributed by atoms with van der Waals surface area (Å²) >= 11 is 23.3. The molecule has 0 unspecified atom stereocenters. The van der Waals surface area contributed by atoms with Crippen molar-refractivity contribution < 1.29 is 78.0 Å². The van der Waals surface area contributed by atoms with Gasteiger partial charge in [-0.1, -0.05) is 119 Å². The van der Waals surface area contributed by atoms with Crippen LogP contribution >= 0.6 is 58.3 Å². The zero-order valence-electron chi connectivity index (χ0n) is 79.4. The number of ether oxygens (including phenoxy) is 6. The number of carbonyl (C=O) groups excluding carboxylic acids is 4. The number of anilines is 3. The highest BCUT2D eigenvalue weighted by Gasteiger charge is 2.56. The van der Waals surface area contributed by atoms with E-state index in [1.807, 2.05) is 106 Å². The Morgan fingerprint density at radius 3 is 1.14 bits per heavy atom. The van der Waals surface area contributed by atoms with Crippen molar-refractivity contribution in [1.29, 1.82) is 0 Å². The maximum absolute atomic E-state index is 13.6. The van der Waals surface area contributed by atoms with E-state index in [4.69, 9.17) is 63.2 Å². The van der Waals surface area contributed by atoms with Crippen molar-refractivity contribution in [2.24, 2.45) is 53.3 Å². The van der Waals surface area contributed by atoms with Gasteiger partial charge in [0.2, 0.25) is 30.1 Å². The molecule has 750 valence electrons. The van der Waals surface area contributed by atoms with Crippen LogP contribution in [0.5, 0.6) is 17.2 Å². The summed E-state index contributed by atoms with van der Waals surface area (Å²) in [6, 6.07) is 34.3. The molecule has 4 fully saturated rings. The number of allylic oxidation sites excluding steroid dienone is 3. The number of aldehydes is 1. The molecule has 1 saturated heterocycles. The van der Waals surface area contributed by atoms with E-state index in [0.717, 1.165) is 160 Å². The third-order valence-electron chi connectivity index (χ3n) is 33.3. The molecule has 31 heteroatoms. The van der Waals surface area contributed by atoms with Crippen LogP contribution in [0.1, 0.15) is 224 Å². The first-order valence-electron chi connectivity index (χ1n) is 48.7. The summed E-state index contributed by atoms with van der Waals surface area (Å²) in [6.07, 6.45) is 30.2. The van der Waals surface area contributed by atoms with Gasteiger partial charge in [0.05, 0.1) is 63.8 Å². The van der Waals surface area contributed by atoms with Gasteiger partial charge in [-0.15, -0.1) is 23.5 Å². The maximum atomic E-state index is 13.6. The number of thioether (sulfide) groups is 2. The minimum absolute atomic E-state index is 0. The van der Waals surface area contributed by atoms with Crippen LogP contribution in [0.25, 0.3) is 0 Å². The molecule has 0 aromatic heterocycles. The van der Waals surface area contributed by atoms with Crippen LogP contribution in [0.4, 0.5) is 17.1 Å². The van der Waals surface area contributed by atoms with Gasteiger partial charge in [0.25, 0.3) is 17.7 Å². The molecule has 19 rings (SSSR count). The van der Waals surface area contributed by atoms with E-state index in [0.29, 0.717) is 99.2 Å². The Balaban J connectivity index is 0.000000156. The number of hydrogen-bond acceptors (Lipinski definition) is 22. The minimum atomic E-state index is -3.97. The van der Waals surface area contributed by atoms with Gasteiger partial charge < -0.3 is 48.2 Å². The molecule has 7 heterocycles. The lowest BCUT2D eigenvalue weighted by molar-refractivity contribution is -0.136. The molecule has 0 radical (unpaired) electrons. The topological polar surface area (TPSA) is 292 Å². The number of methoxy groups -OCH3 is 3. The number of carbonyl (C=O) groups is 4. The summed E-state index contributed by atoms with van der Waals surface area (Å²) < 4.78 is 126. The van der Waals surface area contributed by atoms with Gasteiger partial charge in [0.15, 0.2) is 6.29 Å². The van der Waals surface area contributed by atoms with E-state index in [1.165, 1.54) is 39.8 Å². The summed E-state index contributed by atoms with van der Waals surface area (Å²) in [5, 5.41) is 10.5. The fourth-order valence-electron chi connectivity index (χ4n) is 24.1. The Morgan fingerprint density at radius 1 is 0.449 bits per heavy atom. The first-order valence-corrected chi connectivity index (χ1v) is 56.5. The molecule has 3 saturated carbocycles. The van der Waals surface area contributed by atoms with Gasteiger partial charge >= 0.3 is 0 Å². The first-order chi connectivity index (χ1) is 65.1. The van der Waals surface area contributed by atoms with Crippen LogP contribution < -0.4 is 43.1 Å². The molecule has 13 aliphatic rings. The number of benzene rings is 6. The summed E-state index contributed by atoms with van der Waals surface area (Å²) in [6.45, 7) is 16.0. The van der Waals surface area contributed by atoms with E-state index in [-0.39, 0.29) is 94.8 Å². The molecule has 4 N–H and O–H groups in total. The van der Waals surface area contributed by atoms with Crippen molar-refractivity contribution in [2.75, 3.05) is 113 Å². The predicted octanol–water partition coefficient (Wildman–Crippen LogP) is 19.5. The molecule has 7 aliphatic heterocycles. The number of sulfonamides is 3. The molecule has 3 spiro atoms. The zero-order valence-corrected chi connectivity index (χ0v) is 85.7. The van der Waals surface area contributed by atoms with E-state index in [2.05, 4.69) is 77.4 Å². The lowest BCUT2D eigenvalue weighted by atomic mass is 9.64. The number of aliphatic hydroxyl groups is 1. The van der Waals surface area contributed by atoms with E-state index in [1.54, 1.807) is 77.5 Å². The van der Waals surface area contributed by atoms with E-state index in [9.17, 15) is 49.5 Å². The van der Waals surface area contributed by atoms with Crippen LogP contribution in [0.2, 0.25) is 15.1 Å². The van der Waals surface area contributed by atoms with Crippen LogP contribution in [-0.2, 0) is 84.6 Å². The van der Waals surface area contributed by atoms with Crippen molar-refractivity contribution >= 4 is 129 Å². The average Bonchev–Trinajstić information content (AvgIpc) is 1.34. The third kappa shape index (κ3) is 20.7. The second-order valence-electron chi connectivity index (χ2n) is 41.1. The van der Waals surface area contributed by atoms with Crippen molar-refractivity contribution in [1.82, 2.24) is 14.2 Å². The monoisotopic (exact) mass is 2040 g/mol. The SMILES string of the molecule is C.C.CO[C@@]1(C2SCCCS2)/C=C/C[C@H](C)[C@@H](C)S(=O)(=O)NC(=O)c2ccc3c(c2)N(C[C@@H]2CC[C@H]21)C[C@@]1(CCCc2cc(Cl)ccc21)CO3.CO[C@@]1(C=O)/C=C/C[C@H](C)[C@@H](C)S(=O)(=O)NC(=O)c2ccc3c(c2)N(C[C@@H]2CC[C@H]21)C[C@@]1(CCCc2cc(Cl)ccc21)CO3.CO[C@@]1(CO)/C=C/C[C@H](C)[C@@H](C)S(=O)(=O)NC(=O)c2ccc3c(c2)N(C[C@@H]2CC[C@H]21)C[C@@]1(CCCc2cc(Cl)ccc21)CO3. The predicted molar refractivity (Wildman–Crippen MR) is 555 cm³/mol. The molecular weight excluding hydrogens is 1910 g/mol. The van der Waals surface area contributed by atoms with Crippen molar-refractivity contribution in [3.63, 3.8) is 0 Å². The highest BCUT2D eigenvalue weighted by atomic mass is 35.5. The van der Waals surface area contributed by atoms with Gasteiger partial charge in [-0.05, 0) is 332 Å². The number of rotatable bonds is 6. The number of hydrogen-bond donors (Lipinski definition) is 4. The summed E-state index contributed by atoms with van der Waals surface area (Å²) in [4.78, 5) is 60.1. The van der Waals surface area contributed by atoms with Gasteiger partial charge in [-0.3, -0.25) is 19.2 Å². The summed E-state index contributed by atoms with van der Waals surface area (Å²) in [5.41, 5.74) is 7.44. The molecule has 6 bridgehead atoms. The number of nitrogens with zero attached hydrogens (tertiary/aromatic N) is 3. The molecule has 6 aromatic rings. The second kappa shape index (κ2) is 42.5. The Kier molecular flexibility index (Phi) is 32.4. The van der Waals surface area contributed by atoms with Crippen LogP contribution in [0, 0.1) is 53.3 Å². The highest BCUT2D eigenvalue weighted by Crippen LogP contribution is 2.57. The van der Waals surface area contributed by atoms with Crippen LogP contribution in [-0.4, -0.2) is 190 Å². The normalized spacial score (nSPS) is 33.7. The second-order valence-corrected chi connectivity index (χ2v) is 51.2. The van der Waals surface area contributed by atoms with Crippen LogP contribution in [0.3, 0.4) is 0 Å². The van der Waals surface area contributed by atoms with Gasteiger partial charge in [0.1, 0.15) is 34.1 Å². The van der Waals surface area contributed by atoms with Crippen molar-refractivity contribution in [3.05, 3.63) is 211 Å². The number of amides is 3. The van der Waals surface area contributed by atoms with Gasteiger partial charge in [-0.2, -0.15) is 0 Å². The van der Waals surface area contributed by atoms with E-state index >= 15 is 0 Å².